The van der Waals surface area contributed by atoms with Crippen LogP contribution < -0.4 is 10.6 Å². The maximum absolute atomic E-state index is 5.82. The van der Waals surface area contributed by atoms with Gasteiger partial charge in [0.25, 0.3) is 0 Å². The van der Waals surface area contributed by atoms with Crippen LogP contribution in [-0.4, -0.2) is 42.0 Å². The van der Waals surface area contributed by atoms with Crippen LogP contribution in [0.5, 0.6) is 0 Å². The van der Waals surface area contributed by atoms with E-state index in [1.54, 1.807) is 19.3 Å². The predicted molar refractivity (Wildman–Crippen MR) is 107 cm³/mol. The van der Waals surface area contributed by atoms with E-state index in [2.05, 4.69) is 55.8 Å². The number of aromatic nitrogens is 1. The van der Waals surface area contributed by atoms with Crippen molar-refractivity contribution in [1.29, 1.82) is 0 Å². The highest BCUT2D eigenvalue weighted by atomic mass is 35.5. The normalized spacial score (nSPS) is 18.1. The smallest absolute Gasteiger partial charge is 0.191 e. The van der Waals surface area contributed by atoms with Crippen LogP contribution in [0.4, 0.5) is 0 Å². The largest absolute Gasteiger partial charge is 0.355 e. The van der Waals surface area contributed by atoms with Crippen molar-refractivity contribution in [3.8, 4) is 0 Å². The van der Waals surface area contributed by atoms with E-state index in [1.807, 2.05) is 6.07 Å². The summed E-state index contributed by atoms with van der Waals surface area (Å²) in [6.45, 7) is 3.73. The number of rotatable bonds is 6. The number of aliphatic imine (C=N–C) groups is 1. The highest BCUT2D eigenvalue weighted by Crippen LogP contribution is 2.19. The fourth-order valence-corrected chi connectivity index (χ4v) is 3.40. The van der Waals surface area contributed by atoms with Gasteiger partial charge in [0.15, 0.2) is 5.96 Å². The van der Waals surface area contributed by atoms with Crippen LogP contribution in [0.25, 0.3) is 0 Å². The lowest BCUT2D eigenvalue weighted by Crippen LogP contribution is -2.44. The summed E-state index contributed by atoms with van der Waals surface area (Å²) in [5.41, 5.74) is 2.45. The van der Waals surface area contributed by atoms with Gasteiger partial charge in [-0.3, -0.25) is 9.89 Å². The predicted octanol–water partition coefficient (Wildman–Crippen LogP) is 3.06. The van der Waals surface area contributed by atoms with Crippen LogP contribution in [0.15, 0.2) is 53.7 Å². The lowest BCUT2D eigenvalue weighted by Gasteiger charge is -2.25. The SMILES string of the molecule is CN=C(NCc1ccc(Cl)nc1)NCC1CCCN1Cc1ccccc1. The average Bonchev–Trinajstić information content (AvgIpc) is 3.11. The summed E-state index contributed by atoms with van der Waals surface area (Å²) in [4.78, 5) is 11.0. The highest BCUT2D eigenvalue weighted by molar-refractivity contribution is 6.29. The third-order valence-corrected chi connectivity index (χ3v) is 4.93. The number of pyridine rings is 1. The molecule has 5 nitrogen and oxygen atoms in total. The Bertz CT molecular complexity index is 702. The number of halogens is 1. The summed E-state index contributed by atoms with van der Waals surface area (Å²) in [5.74, 6) is 0.812. The Morgan fingerprint density at radius 1 is 1.19 bits per heavy atom. The van der Waals surface area contributed by atoms with Gasteiger partial charge in [-0.2, -0.15) is 0 Å². The van der Waals surface area contributed by atoms with Gasteiger partial charge in [0, 0.05) is 38.9 Å². The summed E-state index contributed by atoms with van der Waals surface area (Å²) in [6, 6.07) is 15.0. The van der Waals surface area contributed by atoms with Gasteiger partial charge in [-0.15, -0.1) is 0 Å². The van der Waals surface area contributed by atoms with Crippen LogP contribution in [0.1, 0.15) is 24.0 Å². The zero-order chi connectivity index (χ0) is 18.2. The van der Waals surface area contributed by atoms with Gasteiger partial charge in [0.05, 0.1) is 0 Å². The summed E-state index contributed by atoms with van der Waals surface area (Å²) in [5, 5.41) is 7.30. The Balaban J connectivity index is 1.47. The van der Waals surface area contributed by atoms with E-state index in [1.165, 1.54) is 18.4 Å². The fourth-order valence-electron chi connectivity index (χ4n) is 3.28. The van der Waals surface area contributed by atoms with Crippen LogP contribution in [-0.2, 0) is 13.1 Å². The second-order valence-corrected chi connectivity index (χ2v) is 6.94. The van der Waals surface area contributed by atoms with Gasteiger partial charge in [-0.25, -0.2) is 4.98 Å². The number of nitrogens with one attached hydrogen (secondary N) is 2. The van der Waals surface area contributed by atoms with Gasteiger partial charge < -0.3 is 10.6 Å². The average molecular weight is 372 g/mol. The molecule has 1 aliphatic rings. The van der Waals surface area contributed by atoms with Gasteiger partial charge in [0.2, 0.25) is 0 Å². The molecular weight excluding hydrogens is 346 g/mol. The third-order valence-electron chi connectivity index (χ3n) is 4.70. The summed E-state index contributed by atoms with van der Waals surface area (Å²) in [7, 11) is 1.80. The van der Waals surface area contributed by atoms with E-state index in [0.29, 0.717) is 17.7 Å². The lowest BCUT2D eigenvalue weighted by molar-refractivity contribution is 0.245. The molecule has 1 saturated heterocycles. The lowest BCUT2D eigenvalue weighted by atomic mass is 10.2. The van der Waals surface area contributed by atoms with E-state index >= 15 is 0 Å². The molecule has 0 saturated carbocycles. The molecule has 26 heavy (non-hydrogen) atoms. The Morgan fingerprint density at radius 3 is 2.77 bits per heavy atom. The summed E-state index contributed by atoms with van der Waals surface area (Å²) >= 11 is 5.82. The maximum atomic E-state index is 5.82. The van der Waals surface area contributed by atoms with E-state index in [4.69, 9.17) is 11.6 Å². The first kappa shape index (κ1) is 18.7. The monoisotopic (exact) mass is 371 g/mol. The molecule has 2 aromatic rings. The summed E-state index contributed by atoms with van der Waals surface area (Å²) in [6.07, 6.45) is 4.25. The van der Waals surface area contributed by atoms with Gasteiger partial charge in [-0.1, -0.05) is 48.0 Å². The molecule has 1 aliphatic heterocycles. The number of hydrogen-bond acceptors (Lipinski definition) is 3. The van der Waals surface area contributed by atoms with E-state index in [0.717, 1.165) is 31.2 Å². The number of guanidine groups is 1. The van der Waals surface area contributed by atoms with Crippen molar-refractivity contribution >= 4 is 17.6 Å². The van der Waals surface area contributed by atoms with Crippen molar-refractivity contribution in [2.24, 2.45) is 4.99 Å². The van der Waals surface area contributed by atoms with Crippen LogP contribution in [0, 0.1) is 0 Å². The molecule has 6 heteroatoms. The Labute approximate surface area is 160 Å². The molecule has 2 heterocycles. The first-order chi connectivity index (χ1) is 12.7. The molecule has 0 amide bonds. The number of benzene rings is 1. The van der Waals surface area contributed by atoms with E-state index in [-0.39, 0.29) is 0 Å². The van der Waals surface area contributed by atoms with Crippen LogP contribution >= 0.6 is 11.6 Å². The standard InChI is InChI=1S/C20H26ClN5/c1-22-20(24-13-17-9-10-19(21)23-12-17)25-14-18-8-5-11-26(18)15-16-6-3-2-4-7-16/h2-4,6-7,9-10,12,18H,5,8,11,13-15H2,1H3,(H2,22,24,25). The number of likely N-dealkylation sites (tertiary alicyclic amines) is 1. The van der Waals surface area contributed by atoms with E-state index < -0.39 is 0 Å². The van der Waals surface area contributed by atoms with E-state index in [9.17, 15) is 0 Å². The highest BCUT2D eigenvalue weighted by Gasteiger charge is 2.24. The molecule has 1 aromatic heterocycles. The molecule has 1 atom stereocenters. The minimum Gasteiger partial charge on any atom is -0.355 e. The number of hydrogen-bond donors (Lipinski definition) is 2. The van der Waals surface area contributed by atoms with Gasteiger partial charge in [-0.05, 0) is 36.6 Å². The molecule has 0 spiro atoms. The molecule has 1 unspecified atom stereocenters. The number of nitrogens with zero attached hydrogens (tertiary/aromatic N) is 3. The second-order valence-electron chi connectivity index (χ2n) is 6.55. The third kappa shape index (κ3) is 5.44. The molecule has 0 aliphatic carbocycles. The molecular formula is C20H26ClN5. The molecule has 1 fully saturated rings. The van der Waals surface area contributed by atoms with Gasteiger partial charge >= 0.3 is 0 Å². The summed E-state index contributed by atoms with van der Waals surface area (Å²) < 4.78 is 0. The Kier molecular flexibility index (Phi) is 6.86. The van der Waals surface area contributed by atoms with Crippen molar-refractivity contribution in [2.45, 2.75) is 32.0 Å². The van der Waals surface area contributed by atoms with Crippen LogP contribution in [0.3, 0.4) is 0 Å². The van der Waals surface area contributed by atoms with Crippen LogP contribution in [0.2, 0.25) is 5.15 Å². The van der Waals surface area contributed by atoms with Crippen molar-refractivity contribution in [1.82, 2.24) is 20.5 Å². The van der Waals surface area contributed by atoms with Crippen molar-refractivity contribution < 1.29 is 0 Å². The van der Waals surface area contributed by atoms with Crippen molar-refractivity contribution in [2.75, 3.05) is 20.1 Å². The minimum absolute atomic E-state index is 0.510. The molecule has 2 N–H and O–H groups in total. The van der Waals surface area contributed by atoms with Gasteiger partial charge in [0.1, 0.15) is 5.15 Å². The molecule has 0 radical (unpaired) electrons. The van der Waals surface area contributed by atoms with Crippen molar-refractivity contribution in [3.63, 3.8) is 0 Å². The fraction of sp³-hybridized carbons (Fsp3) is 0.400. The first-order valence-corrected chi connectivity index (χ1v) is 9.45. The molecule has 1 aromatic carbocycles. The Hall–Kier alpha value is -2.11. The first-order valence-electron chi connectivity index (χ1n) is 9.07. The quantitative estimate of drug-likeness (QED) is 0.465. The molecule has 3 rings (SSSR count). The maximum Gasteiger partial charge on any atom is 0.191 e. The Morgan fingerprint density at radius 2 is 2.04 bits per heavy atom. The minimum atomic E-state index is 0.510. The zero-order valence-corrected chi connectivity index (χ0v) is 15.9. The topological polar surface area (TPSA) is 52.6 Å². The zero-order valence-electron chi connectivity index (χ0n) is 15.2. The van der Waals surface area contributed by atoms with Crippen molar-refractivity contribution in [3.05, 3.63) is 64.9 Å². The molecule has 138 valence electrons. The molecule has 0 bridgehead atoms. The second kappa shape index (κ2) is 9.55.